The molecule has 0 amide bonds. The standard InChI is InChI=1S/C25H16ClF3N4O2/c26-16-6-10-18(11-7-16)33-23-22(31(14-30-23)13-19-20(28)2-1-3-21(19)29)24(34)32(25(33)35)12-15-4-8-17(27)9-5-15/h1-11,14H,12-13H2. The Labute approximate surface area is 201 Å². The summed E-state index contributed by atoms with van der Waals surface area (Å²) in [6, 6.07) is 15.2. The van der Waals surface area contributed by atoms with Crippen LogP contribution in [0.5, 0.6) is 0 Å². The molecule has 176 valence electrons. The number of aromatic nitrogens is 4. The molecule has 35 heavy (non-hydrogen) atoms. The van der Waals surface area contributed by atoms with Crippen LogP contribution < -0.4 is 11.2 Å². The highest BCUT2D eigenvalue weighted by Crippen LogP contribution is 2.19. The molecule has 0 aliphatic carbocycles. The van der Waals surface area contributed by atoms with Gasteiger partial charge in [-0.15, -0.1) is 0 Å². The van der Waals surface area contributed by atoms with Gasteiger partial charge in [0.05, 0.1) is 25.1 Å². The van der Waals surface area contributed by atoms with Crippen molar-refractivity contribution in [2.75, 3.05) is 0 Å². The van der Waals surface area contributed by atoms with Crippen molar-refractivity contribution in [3.8, 4) is 5.69 Å². The van der Waals surface area contributed by atoms with Gasteiger partial charge in [0, 0.05) is 10.6 Å². The van der Waals surface area contributed by atoms with Crippen LogP contribution in [0, 0.1) is 17.5 Å². The van der Waals surface area contributed by atoms with E-state index in [4.69, 9.17) is 11.6 Å². The van der Waals surface area contributed by atoms with Crippen molar-refractivity contribution in [3.05, 3.63) is 127 Å². The number of benzene rings is 3. The predicted octanol–water partition coefficient (Wildman–Crippen LogP) is 4.52. The van der Waals surface area contributed by atoms with E-state index in [1.807, 2.05) is 0 Å². The molecule has 0 saturated carbocycles. The van der Waals surface area contributed by atoms with E-state index >= 15 is 0 Å². The normalized spacial score (nSPS) is 11.3. The van der Waals surface area contributed by atoms with Gasteiger partial charge in [-0.25, -0.2) is 27.5 Å². The zero-order valence-corrected chi connectivity index (χ0v) is 18.7. The monoisotopic (exact) mass is 496 g/mol. The molecule has 0 spiro atoms. The Morgan fingerprint density at radius 1 is 0.829 bits per heavy atom. The highest BCUT2D eigenvalue weighted by molar-refractivity contribution is 6.30. The summed E-state index contributed by atoms with van der Waals surface area (Å²) in [4.78, 5) is 31.2. The van der Waals surface area contributed by atoms with Crippen LogP contribution >= 0.6 is 11.6 Å². The Kier molecular flexibility index (Phi) is 5.78. The molecule has 0 unspecified atom stereocenters. The lowest BCUT2D eigenvalue weighted by molar-refractivity contribution is 0.546. The molecule has 0 bridgehead atoms. The first-order valence-electron chi connectivity index (χ1n) is 10.5. The van der Waals surface area contributed by atoms with E-state index in [1.54, 1.807) is 24.3 Å². The van der Waals surface area contributed by atoms with Gasteiger partial charge in [-0.05, 0) is 54.1 Å². The number of hydrogen-bond donors (Lipinski definition) is 0. The van der Waals surface area contributed by atoms with Crippen LogP contribution in [0.4, 0.5) is 13.2 Å². The molecule has 0 atom stereocenters. The van der Waals surface area contributed by atoms with Gasteiger partial charge in [-0.1, -0.05) is 29.8 Å². The minimum atomic E-state index is -0.774. The van der Waals surface area contributed by atoms with Crippen LogP contribution in [-0.4, -0.2) is 18.7 Å². The summed E-state index contributed by atoms with van der Waals surface area (Å²) in [5.41, 5.74) is -0.733. The molecule has 10 heteroatoms. The maximum absolute atomic E-state index is 14.3. The first-order chi connectivity index (χ1) is 16.8. The summed E-state index contributed by atoms with van der Waals surface area (Å²) < 4.78 is 45.5. The van der Waals surface area contributed by atoms with E-state index in [9.17, 15) is 22.8 Å². The van der Waals surface area contributed by atoms with Crippen LogP contribution in [0.2, 0.25) is 5.02 Å². The molecule has 0 N–H and O–H groups in total. The van der Waals surface area contributed by atoms with E-state index in [1.165, 1.54) is 45.8 Å². The average Bonchev–Trinajstić information content (AvgIpc) is 3.25. The van der Waals surface area contributed by atoms with Crippen molar-refractivity contribution in [2.45, 2.75) is 13.1 Å². The van der Waals surface area contributed by atoms with Crippen molar-refractivity contribution in [2.24, 2.45) is 0 Å². The van der Waals surface area contributed by atoms with E-state index in [2.05, 4.69) is 4.98 Å². The second kappa shape index (κ2) is 8.92. The van der Waals surface area contributed by atoms with Gasteiger partial charge >= 0.3 is 5.69 Å². The van der Waals surface area contributed by atoms with Gasteiger partial charge in [-0.3, -0.25) is 9.36 Å². The fraction of sp³-hybridized carbons (Fsp3) is 0.0800. The molecule has 5 rings (SSSR count). The SMILES string of the molecule is O=c1c2c(ncn2Cc2c(F)cccc2F)n(-c2ccc(Cl)cc2)c(=O)n1Cc1ccc(F)cc1. The molecule has 2 heterocycles. The Morgan fingerprint density at radius 3 is 2.14 bits per heavy atom. The molecular weight excluding hydrogens is 481 g/mol. The summed E-state index contributed by atoms with van der Waals surface area (Å²) in [6.07, 6.45) is 1.26. The van der Waals surface area contributed by atoms with Crippen LogP contribution in [0.3, 0.4) is 0 Å². The third-order valence-electron chi connectivity index (χ3n) is 5.63. The summed E-state index contributed by atoms with van der Waals surface area (Å²) >= 11 is 5.99. The molecule has 2 aromatic heterocycles. The second-order valence-electron chi connectivity index (χ2n) is 7.86. The summed E-state index contributed by atoms with van der Waals surface area (Å²) in [5.74, 6) is -2.01. The molecule has 0 fully saturated rings. The number of rotatable bonds is 5. The Morgan fingerprint density at radius 2 is 1.49 bits per heavy atom. The van der Waals surface area contributed by atoms with Gasteiger partial charge in [0.1, 0.15) is 17.5 Å². The quantitative estimate of drug-likeness (QED) is 0.359. The predicted molar refractivity (Wildman–Crippen MR) is 126 cm³/mol. The fourth-order valence-corrected chi connectivity index (χ4v) is 4.01. The Bertz CT molecular complexity index is 1650. The number of hydrogen-bond acceptors (Lipinski definition) is 3. The molecule has 0 saturated heterocycles. The summed E-state index contributed by atoms with van der Waals surface area (Å²) in [5, 5.41) is 0.443. The second-order valence-corrected chi connectivity index (χ2v) is 8.29. The third kappa shape index (κ3) is 4.15. The van der Waals surface area contributed by atoms with E-state index in [0.717, 1.165) is 16.7 Å². The Hall–Kier alpha value is -4.11. The third-order valence-corrected chi connectivity index (χ3v) is 5.88. The number of imidazole rings is 1. The lowest BCUT2D eigenvalue weighted by atomic mass is 10.2. The lowest BCUT2D eigenvalue weighted by Gasteiger charge is -2.13. The van der Waals surface area contributed by atoms with E-state index < -0.39 is 28.7 Å². The minimum absolute atomic E-state index is 0.0226. The van der Waals surface area contributed by atoms with Crippen molar-refractivity contribution < 1.29 is 13.2 Å². The maximum Gasteiger partial charge on any atom is 0.337 e. The molecule has 5 aromatic rings. The first-order valence-corrected chi connectivity index (χ1v) is 10.9. The lowest BCUT2D eigenvalue weighted by Crippen LogP contribution is -2.40. The van der Waals surface area contributed by atoms with Crippen molar-refractivity contribution in [1.82, 2.24) is 18.7 Å². The Balaban J connectivity index is 1.76. The van der Waals surface area contributed by atoms with Crippen LogP contribution in [0.25, 0.3) is 16.9 Å². The minimum Gasteiger partial charge on any atom is -0.320 e. The highest BCUT2D eigenvalue weighted by Gasteiger charge is 2.21. The molecule has 3 aromatic carbocycles. The zero-order chi connectivity index (χ0) is 24.7. The number of nitrogens with zero attached hydrogens (tertiary/aromatic N) is 4. The largest absolute Gasteiger partial charge is 0.337 e. The van der Waals surface area contributed by atoms with Gasteiger partial charge < -0.3 is 4.57 Å². The van der Waals surface area contributed by atoms with Gasteiger partial charge in [0.15, 0.2) is 11.2 Å². The van der Waals surface area contributed by atoms with Crippen LogP contribution in [-0.2, 0) is 13.1 Å². The highest BCUT2D eigenvalue weighted by atomic mass is 35.5. The molecule has 0 radical (unpaired) electrons. The van der Waals surface area contributed by atoms with E-state index in [-0.39, 0.29) is 29.8 Å². The van der Waals surface area contributed by atoms with Crippen molar-refractivity contribution in [3.63, 3.8) is 0 Å². The van der Waals surface area contributed by atoms with Gasteiger partial charge in [0.2, 0.25) is 0 Å². The summed E-state index contributed by atoms with van der Waals surface area (Å²) in [7, 11) is 0. The average molecular weight is 497 g/mol. The van der Waals surface area contributed by atoms with Crippen molar-refractivity contribution >= 4 is 22.8 Å². The maximum atomic E-state index is 14.3. The van der Waals surface area contributed by atoms with E-state index in [0.29, 0.717) is 16.3 Å². The number of fused-ring (bicyclic) bond motifs is 1. The molecule has 0 aliphatic rings. The first kappa shape index (κ1) is 22.7. The zero-order valence-electron chi connectivity index (χ0n) is 18.0. The van der Waals surface area contributed by atoms with Gasteiger partial charge in [0.25, 0.3) is 5.56 Å². The summed E-state index contributed by atoms with van der Waals surface area (Å²) in [6.45, 7) is -0.472. The van der Waals surface area contributed by atoms with Crippen molar-refractivity contribution in [1.29, 1.82) is 0 Å². The van der Waals surface area contributed by atoms with Crippen LogP contribution in [0.1, 0.15) is 11.1 Å². The molecule has 0 aliphatic heterocycles. The fourth-order valence-electron chi connectivity index (χ4n) is 3.89. The van der Waals surface area contributed by atoms with Crippen LogP contribution in [0.15, 0.2) is 82.6 Å². The molecule has 6 nitrogen and oxygen atoms in total. The molecular formula is C25H16ClF3N4O2. The van der Waals surface area contributed by atoms with Gasteiger partial charge in [-0.2, -0.15) is 0 Å². The number of halogens is 4. The smallest absolute Gasteiger partial charge is 0.320 e. The topological polar surface area (TPSA) is 61.8 Å².